The highest BCUT2D eigenvalue weighted by molar-refractivity contribution is 8.02. The molecule has 0 saturated heterocycles. The van der Waals surface area contributed by atoms with Crippen molar-refractivity contribution in [1.29, 1.82) is 0 Å². The van der Waals surface area contributed by atoms with Gasteiger partial charge in [0.15, 0.2) is 4.96 Å². The molecular weight excluding hydrogens is 388 g/mol. The van der Waals surface area contributed by atoms with Gasteiger partial charge in [0.05, 0.1) is 16.3 Å². The summed E-state index contributed by atoms with van der Waals surface area (Å²) in [5.41, 5.74) is 3.33. The van der Waals surface area contributed by atoms with Gasteiger partial charge in [-0.1, -0.05) is 30.3 Å². The molecule has 0 spiro atoms. The number of rotatable bonds is 9. The number of hydrogen-bond acceptors (Lipinski definition) is 7. The van der Waals surface area contributed by atoms with E-state index >= 15 is 0 Å². The average molecular weight is 407 g/mol. The van der Waals surface area contributed by atoms with Crippen molar-refractivity contribution in [1.82, 2.24) is 14.7 Å². The maximum atomic E-state index is 10.5. The molecule has 0 atom stereocenters. The van der Waals surface area contributed by atoms with Crippen LogP contribution in [0, 0.1) is 10.1 Å². The highest BCUT2D eigenvalue weighted by atomic mass is 32.2. The third-order valence-electron chi connectivity index (χ3n) is 3.64. The molecular formula is C17H18N4O2S3. The smallest absolute Gasteiger partial charge is 0.263 e. The summed E-state index contributed by atoms with van der Waals surface area (Å²) in [6.07, 6.45) is 4.88. The van der Waals surface area contributed by atoms with Crippen molar-refractivity contribution in [3.8, 4) is 11.3 Å². The van der Waals surface area contributed by atoms with Crippen LogP contribution < -0.4 is 5.32 Å². The number of benzene rings is 1. The van der Waals surface area contributed by atoms with Crippen molar-refractivity contribution in [2.45, 2.75) is 5.75 Å². The topological polar surface area (TPSA) is 72.5 Å². The van der Waals surface area contributed by atoms with Gasteiger partial charge in [-0.3, -0.25) is 14.5 Å². The van der Waals surface area contributed by atoms with Crippen molar-refractivity contribution < 1.29 is 4.92 Å². The van der Waals surface area contributed by atoms with Crippen LogP contribution in [0.3, 0.4) is 0 Å². The minimum atomic E-state index is -0.433. The van der Waals surface area contributed by atoms with Crippen LogP contribution in [-0.2, 0) is 5.75 Å². The minimum Gasteiger partial charge on any atom is -0.374 e. The Kier molecular flexibility index (Phi) is 6.59. The number of nitrogens with one attached hydrogen (secondary N) is 1. The number of imidazole rings is 1. The first kappa shape index (κ1) is 18.8. The Bertz CT molecular complexity index is 905. The van der Waals surface area contributed by atoms with Gasteiger partial charge < -0.3 is 5.32 Å². The van der Waals surface area contributed by atoms with Crippen LogP contribution in [0.1, 0.15) is 5.69 Å². The third kappa shape index (κ3) is 4.60. The van der Waals surface area contributed by atoms with Gasteiger partial charge in [-0.15, -0.1) is 23.1 Å². The van der Waals surface area contributed by atoms with Crippen molar-refractivity contribution in [2.24, 2.45) is 0 Å². The largest absolute Gasteiger partial charge is 0.374 e. The number of nitro groups is 1. The molecule has 0 saturated carbocycles. The van der Waals surface area contributed by atoms with E-state index in [-0.39, 0.29) is 0 Å². The lowest BCUT2D eigenvalue weighted by atomic mass is 10.1. The van der Waals surface area contributed by atoms with E-state index in [4.69, 9.17) is 4.98 Å². The van der Waals surface area contributed by atoms with Crippen LogP contribution in [0.5, 0.6) is 0 Å². The van der Waals surface area contributed by atoms with Crippen molar-refractivity contribution in [3.63, 3.8) is 0 Å². The summed E-state index contributed by atoms with van der Waals surface area (Å²) in [4.78, 5) is 15.9. The number of hydrogen-bond donors (Lipinski definition) is 1. The number of aromatic nitrogens is 2. The summed E-state index contributed by atoms with van der Waals surface area (Å²) < 4.78 is 2.15. The molecule has 0 aliphatic carbocycles. The Labute approximate surface area is 163 Å². The zero-order valence-corrected chi connectivity index (χ0v) is 16.6. The van der Waals surface area contributed by atoms with Crippen LogP contribution in [-0.4, -0.2) is 32.9 Å². The van der Waals surface area contributed by atoms with Crippen molar-refractivity contribution in [3.05, 3.63) is 68.9 Å². The number of nitrogens with zero attached hydrogens (tertiary/aromatic N) is 3. The monoisotopic (exact) mass is 406 g/mol. The molecule has 0 radical (unpaired) electrons. The van der Waals surface area contributed by atoms with Crippen molar-refractivity contribution >= 4 is 39.8 Å². The predicted molar refractivity (Wildman–Crippen MR) is 111 cm³/mol. The van der Waals surface area contributed by atoms with E-state index in [0.717, 1.165) is 33.9 Å². The highest BCUT2D eigenvalue weighted by Gasteiger charge is 2.14. The van der Waals surface area contributed by atoms with E-state index < -0.39 is 4.92 Å². The van der Waals surface area contributed by atoms with E-state index in [0.29, 0.717) is 11.6 Å². The van der Waals surface area contributed by atoms with Crippen LogP contribution in [0.15, 0.2) is 53.1 Å². The fourth-order valence-corrected chi connectivity index (χ4v) is 4.51. The summed E-state index contributed by atoms with van der Waals surface area (Å²) >= 11 is 4.76. The molecule has 2 aromatic heterocycles. The second-order valence-electron chi connectivity index (χ2n) is 5.29. The van der Waals surface area contributed by atoms with Gasteiger partial charge in [-0.05, 0) is 6.26 Å². The number of fused-ring (bicyclic) bond motifs is 1. The quantitative estimate of drug-likeness (QED) is 0.324. The Morgan fingerprint density at radius 3 is 2.96 bits per heavy atom. The lowest BCUT2D eigenvalue weighted by Gasteiger charge is -2.07. The summed E-state index contributed by atoms with van der Waals surface area (Å²) in [7, 11) is 0. The molecule has 0 aliphatic rings. The van der Waals surface area contributed by atoms with Gasteiger partial charge in [-0.25, -0.2) is 4.98 Å². The first-order chi connectivity index (χ1) is 12.7. The summed E-state index contributed by atoms with van der Waals surface area (Å²) in [6, 6.07) is 10.2. The molecule has 0 bridgehead atoms. The molecule has 26 heavy (non-hydrogen) atoms. The molecule has 1 N–H and O–H groups in total. The van der Waals surface area contributed by atoms with E-state index in [1.54, 1.807) is 23.1 Å². The van der Waals surface area contributed by atoms with Crippen LogP contribution in [0.25, 0.3) is 16.2 Å². The first-order valence-corrected chi connectivity index (χ1v) is 11.2. The number of thiazole rings is 1. The van der Waals surface area contributed by atoms with Crippen molar-refractivity contribution in [2.75, 3.05) is 18.6 Å². The Morgan fingerprint density at radius 1 is 1.42 bits per heavy atom. The molecule has 3 aromatic rings. The summed E-state index contributed by atoms with van der Waals surface area (Å²) in [5.74, 6) is 1.68. The zero-order chi connectivity index (χ0) is 18.4. The Balaban J connectivity index is 1.64. The third-order valence-corrected chi connectivity index (χ3v) is 6.05. The van der Waals surface area contributed by atoms with E-state index in [1.807, 2.05) is 29.8 Å². The van der Waals surface area contributed by atoms with Crippen LogP contribution in [0.4, 0.5) is 0 Å². The lowest BCUT2D eigenvalue weighted by molar-refractivity contribution is -0.403. The van der Waals surface area contributed by atoms with Gasteiger partial charge in [0, 0.05) is 35.2 Å². The van der Waals surface area contributed by atoms with Gasteiger partial charge in [0.25, 0.3) is 6.20 Å². The molecule has 136 valence electrons. The highest BCUT2D eigenvalue weighted by Crippen LogP contribution is 2.29. The normalized spacial score (nSPS) is 11.8. The van der Waals surface area contributed by atoms with Crippen LogP contribution >= 0.6 is 34.9 Å². The summed E-state index contributed by atoms with van der Waals surface area (Å²) in [5, 5.41) is 16.3. The van der Waals surface area contributed by atoms with Gasteiger partial charge in [-0.2, -0.15) is 11.8 Å². The molecule has 2 heterocycles. The molecule has 3 rings (SSSR count). The lowest BCUT2D eigenvalue weighted by Crippen LogP contribution is -2.15. The fourth-order valence-electron chi connectivity index (χ4n) is 2.48. The molecule has 1 aromatic carbocycles. The maximum absolute atomic E-state index is 10.5. The predicted octanol–water partition coefficient (Wildman–Crippen LogP) is 4.32. The van der Waals surface area contributed by atoms with E-state index in [2.05, 4.69) is 28.0 Å². The molecule has 0 unspecified atom stereocenters. The SMILES string of the molecule is CS/C(=C\[N+](=O)[O-])NCCSCc1c(-c2ccccc2)nc2sccn12. The zero-order valence-electron chi connectivity index (χ0n) is 14.1. The minimum absolute atomic E-state index is 0.433. The van der Waals surface area contributed by atoms with E-state index in [1.165, 1.54) is 17.5 Å². The van der Waals surface area contributed by atoms with E-state index in [9.17, 15) is 10.1 Å². The molecule has 0 fully saturated rings. The van der Waals surface area contributed by atoms with Gasteiger partial charge in [0.1, 0.15) is 5.03 Å². The molecule has 0 amide bonds. The van der Waals surface area contributed by atoms with Gasteiger partial charge >= 0.3 is 0 Å². The van der Waals surface area contributed by atoms with Crippen LogP contribution in [0.2, 0.25) is 0 Å². The summed E-state index contributed by atoms with van der Waals surface area (Å²) in [6.45, 7) is 0.678. The average Bonchev–Trinajstić information content (AvgIpc) is 3.23. The second-order valence-corrected chi connectivity index (χ2v) is 8.12. The second kappa shape index (κ2) is 9.11. The fraction of sp³-hybridized carbons (Fsp3) is 0.235. The molecule has 0 aliphatic heterocycles. The number of thioether (sulfide) groups is 2. The first-order valence-electron chi connectivity index (χ1n) is 7.90. The van der Waals surface area contributed by atoms with Gasteiger partial charge in [0.2, 0.25) is 0 Å². The Morgan fingerprint density at radius 2 is 2.23 bits per heavy atom. The maximum Gasteiger partial charge on any atom is 0.263 e. The Hall–Kier alpha value is -1.97. The standard InChI is InChI=1S/C17H18N4O2S3/c1-24-15(11-21(22)23)18-7-9-25-12-14-16(13-5-3-2-4-6-13)19-17-20(14)8-10-26-17/h2-6,8,10-11,18H,7,9,12H2,1H3/b15-11-. The molecule has 9 heteroatoms. The molecule has 6 nitrogen and oxygen atoms in total.